The molecule has 2 aromatic carbocycles. The van der Waals surface area contributed by atoms with Crippen molar-refractivity contribution in [1.29, 1.82) is 0 Å². The van der Waals surface area contributed by atoms with Gasteiger partial charge in [-0.2, -0.15) is 0 Å². The van der Waals surface area contributed by atoms with E-state index in [4.69, 9.17) is 5.73 Å². The van der Waals surface area contributed by atoms with Gasteiger partial charge in [0.15, 0.2) is 11.6 Å². The van der Waals surface area contributed by atoms with Crippen LogP contribution in [0.5, 0.6) is 0 Å². The number of nitrogens with zero attached hydrogens (tertiary/aromatic N) is 3. The summed E-state index contributed by atoms with van der Waals surface area (Å²) < 4.78 is 29.5. The van der Waals surface area contributed by atoms with Crippen molar-refractivity contribution in [3.8, 4) is 0 Å². The number of carbonyl (C=O) groups is 3. The van der Waals surface area contributed by atoms with E-state index in [1.807, 2.05) is 0 Å². The van der Waals surface area contributed by atoms with Gasteiger partial charge in [0.25, 0.3) is 11.8 Å². The summed E-state index contributed by atoms with van der Waals surface area (Å²) in [7, 11) is 0. The smallest absolute Gasteiger partial charge is 0.261 e. The standard InChI is InChI=1S/C24H23F2N5O3/c1-2-21(32)29-7-9-30(10-8-29)22-19(25)11-16(12-20(22)26)28-13-15(27)14-31-23(33)17-5-3-4-6-18(17)24(31)34/h2-6,11-13,28H,1,7-10,14,27H2/b15-13-. The zero-order valence-corrected chi connectivity index (χ0v) is 18.3. The highest BCUT2D eigenvalue weighted by Gasteiger charge is 2.35. The highest BCUT2D eigenvalue weighted by molar-refractivity contribution is 6.21. The molecule has 1 fully saturated rings. The lowest BCUT2D eigenvalue weighted by molar-refractivity contribution is -0.126. The number of rotatable bonds is 6. The second-order valence-electron chi connectivity index (χ2n) is 7.91. The van der Waals surface area contributed by atoms with Crippen molar-refractivity contribution in [2.24, 2.45) is 5.73 Å². The minimum atomic E-state index is -0.765. The van der Waals surface area contributed by atoms with Gasteiger partial charge in [-0.1, -0.05) is 18.7 Å². The van der Waals surface area contributed by atoms with Crippen molar-refractivity contribution in [3.63, 3.8) is 0 Å². The lowest BCUT2D eigenvalue weighted by atomic mass is 10.1. The molecule has 4 rings (SSSR count). The quantitative estimate of drug-likeness (QED) is 0.500. The predicted octanol–water partition coefficient (Wildman–Crippen LogP) is 2.31. The number of halogens is 2. The van der Waals surface area contributed by atoms with Gasteiger partial charge in [0, 0.05) is 43.8 Å². The highest BCUT2D eigenvalue weighted by atomic mass is 19.1. The number of hydrogen-bond donors (Lipinski definition) is 2. The van der Waals surface area contributed by atoms with Gasteiger partial charge in [-0.15, -0.1) is 0 Å². The zero-order valence-electron chi connectivity index (χ0n) is 18.3. The molecule has 3 amide bonds. The summed E-state index contributed by atoms with van der Waals surface area (Å²) in [6.07, 6.45) is 2.50. The molecule has 2 aliphatic rings. The number of nitrogens with one attached hydrogen (secondary N) is 1. The first-order valence-electron chi connectivity index (χ1n) is 10.6. The molecule has 34 heavy (non-hydrogen) atoms. The second-order valence-corrected chi connectivity index (χ2v) is 7.91. The summed E-state index contributed by atoms with van der Waals surface area (Å²) in [6, 6.07) is 8.73. The number of fused-ring (bicyclic) bond motifs is 1. The Morgan fingerprint density at radius 2 is 1.59 bits per heavy atom. The number of amides is 3. The van der Waals surface area contributed by atoms with Crippen LogP contribution in [-0.2, 0) is 4.79 Å². The van der Waals surface area contributed by atoms with Gasteiger partial charge in [-0.25, -0.2) is 8.78 Å². The van der Waals surface area contributed by atoms with Crippen molar-refractivity contribution < 1.29 is 23.2 Å². The third-order valence-corrected chi connectivity index (χ3v) is 5.74. The van der Waals surface area contributed by atoms with E-state index in [2.05, 4.69) is 11.9 Å². The Hall–Kier alpha value is -4.21. The van der Waals surface area contributed by atoms with E-state index in [1.54, 1.807) is 34.1 Å². The topological polar surface area (TPSA) is 99.0 Å². The molecule has 1 saturated heterocycles. The molecule has 0 radical (unpaired) electrons. The molecular formula is C24H23F2N5O3. The van der Waals surface area contributed by atoms with Crippen LogP contribution >= 0.6 is 0 Å². The maximum Gasteiger partial charge on any atom is 0.261 e. The fraction of sp³-hybridized carbons (Fsp3) is 0.208. The number of imide groups is 1. The summed E-state index contributed by atoms with van der Waals surface area (Å²) in [4.78, 5) is 40.7. The average Bonchev–Trinajstić information content (AvgIpc) is 3.07. The van der Waals surface area contributed by atoms with Gasteiger partial charge in [0.2, 0.25) is 5.91 Å². The number of carbonyl (C=O) groups excluding carboxylic acids is 3. The second kappa shape index (κ2) is 9.34. The molecule has 0 saturated carbocycles. The number of anilines is 2. The highest BCUT2D eigenvalue weighted by Crippen LogP contribution is 2.28. The van der Waals surface area contributed by atoms with Crippen LogP contribution in [0, 0.1) is 11.6 Å². The molecule has 2 aliphatic heterocycles. The Balaban J connectivity index is 1.41. The van der Waals surface area contributed by atoms with Crippen LogP contribution in [0.15, 0.2) is 61.0 Å². The lowest BCUT2D eigenvalue weighted by Crippen LogP contribution is -2.48. The fourth-order valence-electron chi connectivity index (χ4n) is 4.02. The molecule has 0 aliphatic carbocycles. The first kappa shape index (κ1) is 23.0. The molecule has 0 spiro atoms. The molecule has 0 aromatic heterocycles. The van der Waals surface area contributed by atoms with Crippen LogP contribution in [0.3, 0.4) is 0 Å². The summed E-state index contributed by atoms with van der Waals surface area (Å²) in [5, 5.41) is 2.71. The van der Waals surface area contributed by atoms with Gasteiger partial charge in [0.1, 0.15) is 5.69 Å². The van der Waals surface area contributed by atoms with E-state index >= 15 is 0 Å². The third-order valence-electron chi connectivity index (χ3n) is 5.74. The molecule has 2 aromatic rings. The molecule has 0 bridgehead atoms. The summed E-state index contributed by atoms with van der Waals surface area (Å²) in [6.45, 7) is 4.51. The number of hydrogen-bond acceptors (Lipinski definition) is 6. The van der Waals surface area contributed by atoms with E-state index in [9.17, 15) is 23.2 Å². The van der Waals surface area contributed by atoms with Crippen molar-refractivity contribution >= 4 is 29.1 Å². The van der Waals surface area contributed by atoms with Crippen LogP contribution in [0.2, 0.25) is 0 Å². The van der Waals surface area contributed by atoms with Crippen molar-refractivity contribution in [2.75, 3.05) is 42.9 Å². The molecule has 8 nitrogen and oxygen atoms in total. The monoisotopic (exact) mass is 467 g/mol. The first-order chi connectivity index (χ1) is 16.3. The Labute approximate surface area is 194 Å². The van der Waals surface area contributed by atoms with Crippen molar-refractivity contribution in [2.45, 2.75) is 0 Å². The van der Waals surface area contributed by atoms with Gasteiger partial charge in [0.05, 0.1) is 17.7 Å². The fourth-order valence-corrected chi connectivity index (χ4v) is 4.02. The normalized spacial score (nSPS) is 16.1. The third kappa shape index (κ3) is 4.34. The Morgan fingerprint density at radius 1 is 1.03 bits per heavy atom. The summed E-state index contributed by atoms with van der Waals surface area (Å²) >= 11 is 0. The largest absolute Gasteiger partial charge is 0.399 e. The van der Waals surface area contributed by atoms with Crippen LogP contribution < -0.4 is 16.0 Å². The minimum Gasteiger partial charge on any atom is -0.399 e. The van der Waals surface area contributed by atoms with Gasteiger partial charge in [-0.05, 0) is 30.3 Å². The lowest BCUT2D eigenvalue weighted by Gasteiger charge is -2.36. The van der Waals surface area contributed by atoms with Gasteiger partial charge in [-0.3, -0.25) is 19.3 Å². The van der Waals surface area contributed by atoms with E-state index < -0.39 is 23.4 Å². The van der Waals surface area contributed by atoms with Crippen LogP contribution in [-0.4, -0.2) is 60.2 Å². The van der Waals surface area contributed by atoms with E-state index in [-0.39, 0.29) is 42.6 Å². The minimum absolute atomic E-state index is 0.115. The van der Waals surface area contributed by atoms with E-state index in [1.165, 1.54) is 12.3 Å². The van der Waals surface area contributed by atoms with E-state index in [0.29, 0.717) is 24.2 Å². The van der Waals surface area contributed by atoms with Gasteiger partial charge >= 0.3 is 0 Å². The summed E-state index contributed by atoms with van der Waals surface area (Å²) in [5.41, 5.74) is 6.64. The molecular weight excluding hydrogens is 444 g/mol. The molecule has 0 unspecified atom stereocenters. The number of piperazine rings is 1. The number of benzene rings is 2. The van der Waals surface area contributed by atoms with Crippen molar-refractivity contribution in [1.82, 2.24) is 9.80 Å². The molecule has 0 atom stereocenters. The van der Waals surface area contributed by atoms with Crippen LogP contribution in [0.4, 0.5) is 20.2 Å². The maximum atomic E-state index is 14.8. The van der Waals surface area contributed by atoms with Crippen molar-refractivity contribution in [3.05, 3.63) is 83.7 Å². The Kier molecular flexibility index (Phi) is 6.31. The first-order valence-corrected chi connectivity index (χ1v) is 10.6. The maximum absolute atomic E-state index is 14.8. The number of nitrogens with two attached hydrogens (primary N) is 1. The average molecular weight is 467 g/mol. The van der Waals surface area contributed by atoms with Crippen LogP contribution in [0.25, 0.3) is 0 Å². The molecule has 10 heteroatoms. The Morgan fingerprint density at radius 3 is 2.12 bits per heavy atom. The molecule has 176 valence electrons. The summed E-state index contributed by atoms with van der Waals surface area (Å²) in [5.74, 6) is -2.65. The molecule has 3 N–H and O–H groups in total. The van der Waals surface area contributed by atoms with Gasteiger partial charge < -0.3 is 20.9 Å². The predicted molar refractivity (Wildman–Crippen MR) is 123 cm³/mol. The zero-order chi connectivity index (χ0) is 24.4. The SMILES string of the molecule is C=CC(=O)N1CCN(c2c(F)cc(N/C=C(\N)CN3C(=O)c4ccccc4C3=O)cc2F)CC1. The Bertz CT molecular complexity index is 1150. The van der Waals surface area contributed by atoms with E-state index in [0.717, 1.165) is 17.0 Å². The molecule has 2 heterocycles. The van der Waals surface area contributed by atoms with Crippen LogP contribution in [0.1, 0.15) is 20.7 Å².